The second-order valence-electron chi connectivity index (χ2n) is 7.04. The van der Waals surface area contributed by atoms with Crippen LogP contribution in [0.1, 0.15) is 17.5 Å². The minimum absolute atomic E-state index is 0.125. The Morgan fingerprint density at radius 1 is 1.00 bits per heavy atom. The van der Waals surface area contributed by atoms with Crippen LogP contribution in [0.15, 0.2) is 60.7 Å². The first kappa shape index (κ1) is 25.7. The molecule has 4 N–H and O–H groups in total. The third-order valence-electron chi connectivity index (χ3n) is 4.57. The largest absolute Gasteiger partial charge is 0.490 e. The van der Waals surface area contributed by atoms with E-state index in [9.17, 15) is 22.8 Å². The van der Waals surface area contributed by atoms with Crippen LogP contribution >= 0.6 is 0 Å². The Kier molecular flexibility index (Phi) is 9.67. The van der Waals surface area contributed by atoms with Gasteiger partial charge in [-0.05, 0) is 24.1 Å². The number of alkyl carbamates (subject to hydrolysis) is 1. The van der Waals surface area contributed by atoms with Gasteiger partial charge in [0.25, 0.3) is 0 Å². The van der Waals surface area contributed by atoms with Crippen LogP contribution in [-0.2, 0) is 27.5 Å². The molecule has 0 radical (unpaired) electrons. The van der Waals surface area contributed by atoms with Gasteiger partial charge >= 0.3 is 18.2 Å². The molecule has 8 nitrogen and oxygen atoms in total. The molecule has 1 saturated heterocycles. The zero-order valence-corrected chi connectivity index (χ0v) is 17.5. The second kappa shape index (κ2) is 12.4. The molecular formula is C22H24F3N3O5. The van der Waals surface area contributed by atoms with Gasteiger partial charge in [0.15, 0.2) is 0 Å². The first-order valence-electron chi connectivity index (χ1n) is 9.99. The quantitative estimate of drug-likeness (QED) is 0.519. The van der Waals surface area contributed by atoms with E-state index in [1.165, 1.54) is 0 Å². The lowest BCUT2D eigenvalue weighted by Crippen LogP contribution is -2.51. The molecule has 0 unspecified atom stereocenters. The molecule has 3 rings (SSSR count). The lowest BCUT2D eigenvalue weighted by Gasteiger charge is -2.20. The van der Waals surface area contributed by atoms with Crippen molar-refractivity contribution in [3.05, 3.63) is 71.8 Å². The van der Waals surface area contributed by atoms with Gasteiger partial charge in [-0.15, -0.1) is 0 Å². The molecule has 1 fully saturated rings. The number of carboxylic acid groups (broad SMARTS) is 1. The van der Waals surface area contributed by atoms with Crippen LogP contribution in [0.5, 0.6) is 0 Å². The van der Waals surface area contributed by atoms with Crippen molar-refractivity contribution in [3.8, 4) is 0 Å². The van der Waals surface area contributed by atoms with E-state index >= 15 is 0 Å². The number of amides is 2. The van der Waals surface area contributed by atoms with Gasteiger partial charge in [0.1, 0.15) is 12.6 Å². The number of carboxylic acids is 1. The molecule has 33 heavy (non-hydrogen) atoms. The Bertz CT molecular complexity index is 910. The summed E-state index contributed by atoms with van der Waals surface area (Å²) in [5.74, 6) is -2.88. The van der Waals surface area contributed by atoms with Crippen molar-refractivity contribution in [2.45, 2.75) is 37.8 Å². The first-order valence-corrected chi connectivity index (χ1v) is 9.99. The Balaban J connectivity index is 0.000000479. The van der Waals surface area contributed by atoms with E-state index in [2.05, 4.69) is 16.0 Å². The molecule has 0 bridgehead atoms. The standard InChI is InChI=1S/C20H23N3O3.C2HF3O2/c24-19(22-13-15-7-3-1-4-8-15)18-17(11-12-21-18)23-20(25)26-14-16-9-5-2-6-10-16;3-2(4,5)1(6)7/h1-10,17-18,21H,11-14H2,(H,22,24)(H,23,25);(H,6,7)/t17-,18-;/m1./s1. The maximum atomic E-state index is 12.4. The minimum Gasteiger partial charge on any atom is -0.475 e. The molecule has 0 aromatic heterocycles. The average molecular weight is 467 g/mol. The molecule has 2 aromatic rings. The molecule has 1 aliphatic heterocycles. The summed E-state index contributed by atoms with van der Waals surface area (Å²) in [6.07, 6.45) is -4.91. The van der Waals surface area contributed by atoms with Crippen molar-refractivity contribution in [2.24, 2.45) is 0 Å². The predicted octanol–water partition coefficient (Wildman–Crippen LogP) is 2.59. The van der Waals surface area contributed by atoms with Crippen LogP contribution in [0.4, 0.5) is 18.0 Å². The van der Waals surface area contributed by atoms with E-state index in [1.54, 1.807) is 0 Å². The number of hydrogen-bond donors (Lipinski definition) is 4. The number of aliphatic carboxylic acids is 1. The lowest BCUT2D eigenvalue weighted by atomic mass is 10.1. The van der Waals surface area contributed by atoms with Crippen LogP contribution in [0.2, 0.25) is 0 Å². The van der Waals surface area contributed by atoms with E-state index in [0.717, 1.165) is 11.1 Å². The molecule has 2 atom stereocenters. The number of halogens is 3. The summed E-state index contributed by atoms with van der Waals surface area (Å²) < 4.78 is 37.0. The maximum Gasteiger partial charge on any atom is 0.490 e. The van der Waals surface area contributed by atoms with Crippen molar-refractivity contribution in [1.29, 1.82) is 0 Å². The van der Waals surface area contributed by atoms with E-state index in [1.807, 2.05) is 60.7 Å². The van der Waals surface area contributed by atoms with Crippen LogP contribution < -0.4 is 16.0 Å². The highest BCUT2D eigenvalue weighted by Gasteiger charge is 2.38. The third-order valence-corrected chi connectivity index (χ3v) is 4.57. The van der Waals surface area contributed by atoms with Gasteiger partial charge < -0.3 is 25.8 Å². The first-order chi connectivity index (χ1) is 15.7. The van der Waals surface area contributed by atoms with Crippen LogP contribution in [0.3, 0.4) is 0 Å². The van der Waals surface area contributed by atoms with Gasteiger partial charge in [-0.2, -0.15) is 13.2 Å². The Morgan fingerprint density at radius 2 is 1.55 bits per heavy atom. The van der Waals surface area contributed by atoms with Gasteiger partial charge in [-0.25, -0.2) is 9.59 Å². The monoisotopic (exact) mass is 467 g/mol. The topological polar surface area (TPSA) is 117 Å². The highest BCUT2D eigenvalue weighted by molar-refractivity contribution is 5.83. The molecular weight excluding hydrogens is 443 g/mol. The fourth-order valence-corrected chi connectivity index (χ4v) is 2.95. The van der Waals surface area contributed by atoms with Gasteiger partial charge in [0.05, 0.1) is 6.04 Å². The number of nitrogens with one attached hydrogen (secondary N) is 3. The van der Waals surface area contributed by atoms with Crippen LogP contribution in [-0.4, -0.2) is 47.9 Å². The van der Waals surface area contributed by atoms with Crippen molar-refractivity contribution >= 4 is 18.0 Å². The summed E-state index contributed by atoms with van der Waals surface area (Å²) in [6.45, 7) is 1.34. The lowest BCUT2D eigenvalue weighted by molar-refractivity contribution is -0.192. The van der Waals surface area contributed by atoms with E-state index < -0.39 is 24.3 Å². The van der Waals surface area contributed by atoms with Gasteiger partial charge in [0.2, 0.25) is 5.91 Å². The van der Waals surface area contributed by atoms with Gasteiger partial charge in [0, 0.05) is 6.54 Å². The number of carbonyl (C=O) groups is 3. The molecule has 11 heteroatoms. The zero-order valence-electron chi connectivity index (χ0n) is 17.5. The van der Waals surface area contributed by atoms with Gasteiger partial charge in [-0.3, -0.25) is 4.79 Å². The number of carbonyl (C=O) groups excluding carboxylic acids is 2. The van der Waals surface area contributed by atoms with Crippen molar-refractivity contribution in [1.82, 2.24) is 16.0 Å². The summed E-state index contributed by atoms with van der Waals surface area (Å²) in [5.41, 5.74) is 1.95. The molecule has 1 aliphatic rings. The van der Waals surface area contributed by atoms with Crippen molar-refractivity contribution < 1.29 is 37.4 Å². The fraction of sp³-hybridized carbons (Fsp3) is 0.318. The second-order valence-corrected chi connectivity index (χ2v) is 7.04. The molecule has 0 aliphatic carbocycles. The van der Waals surface area contributed by atoms with Crippen LogP contribution in [0.25, 0.3) is 0 Å². The summed E-state index contributed by atoms with van der Waals surface area (Å²) in [4.78, 5) is 33.3. The maximum absolute atomic E-state index is 12.4. The van der Waals surface area contributed by atoms with E-state index in [4.69, 9.17) is 14.6 Å². The zero-order chi connectivity index (χ0) is 24.3. The number of hydrogen-bond acceptors (Lipinski definition) is 5. The Hall–Kier alpha value is -3.60. The van der Waals surface area contributed by atoms with E-state index in [-0.39, 0.29) is 18.6 Å². The van der Waals surface area contributed by atoms with Gasteiger partial charge in [-0.1, -0.05) is 60.7 Å². The third kappa shape index (κ3) is 9.19. The normalized spacial score (nSPS) is 17.3. The summed E-state index contributed by atoms with van der Waals surface area (Å²) in [5, 5.41) is 16.0. The summed E-state index contributed by atoms with van der Waals surface area (Å²) >= 11 is 0. The smallest absolute Gasteiger partial charge is 0.475 e. The molecule has 0 spiro atoms. The molecule has 1 heterocycles. The molecule has 2 amide bonds. The number of alkyl halides is 3. The Morgan fingerprint density at radius 3 is 2.09 bits per heavy atom. The minimum atomic E-state index is -5.08. The fourth-order valence-electron chi connectivity index (χ4n) is 2.95. The molecule has 178 valence electrons. The number of benzene rings is 2. The van der Waals surface area contributed by atoms with Crippen molar-refractivity contribution in [3.63, 3.8) is 0 Å². The summed E-state index contributed by atoms with van der Waals surface area (Å²) in [6, 6.07) is 18.5. The number of ether oxygens (including phenoxy) is 1. The Labute approximate surface area is 188 Å². The molecule has 2 aromatic carbocycles. The molecule has 0 saturated carbocycles. The van der Waals surface area contributed by atoms with E-state index in [0.29, 0.717) is 19.5 Å². The van der Waals surface area contributed by atoms with Crippen LogP contribution in [0, 0.1) is 0 Å². The average Bonchev–Trinajstić information content (AvgIpc) is 3.25. The SMILES string of the molecule is O=C(N[C@@H]1CCN[C@H]1C(=O)NCc1ccccc1)OCc1ccccc1.O=C(O)C(F)(F)F. The highest BCUT2D eigenvalue weighted by atomic mass is 19.4. The van der Waals surface area contributed by atoms with Crippen molar-refractivity contribution in [2.75, 3.05) is 6.54 Å². The highest BCUT2D eigenvalue weighted by Crippen LogP contribution is 2.13. The number of rotatable bonds is 6. The summed E-state index contributed by atoms with van der Waals surface area (Å²) in [7, 11) is 0. The predicted molar refractivity (Wildman–Crippen MR) is 112 cm³/mol.